The van der Waals surface area contributed by atoms with Crippen molar-refractivity contribution in [2.45, 2.75) is 25.3 Å². The first-order chi connectivity index (χ1) is 7.75. The Kier molecular flexibility index (Phi) is 4.18. The highest BCUT2D eigenvalue weighted by molar-refractivity contribution is 9.10. The first kappa shape index (κ1) is 11.9. The first-order valence-electron chi connectivity index (χ1n) is 5.71. The second-order valence-electron chi connectivity index (χ2n) is 4.21. The number of halogens is 1. The highest BCUT2D eigenvalue weighted by Crippen LogP contribution is 2.18. The minimum absolute atomic E-state index is 0.687. The van der Waals surface area contributed by atoms with Crippen LogP contribution < -0.4 is 4.74 Å². The fourth-order valence-electron chi connectivity index (χ4n) is 2.11. The number of aromatic nitrogens is 1. The van der Waals surface area contributed by atoms with Crippen LogP contribution in [0.15, 0.2) is 22.8 Å². The minimum Gasteiger partial charge on any atom is -0.478 e. The fourth-order valence-corrected chi connectivity index (χ4v) is 2.44. The molecule has 0 N–H and O–H groups in total. The molecule has 1 saturated heterocycles. The van der Waals surface area contributed by atoms with Crippen molar-refractivity contribution in [3.8, 4) is 5.88 Å². The minimum atomic E-state index is 0.687. The van der Waals surface area contributed by atoms with Gasteiger partial charge in [-0.15, -0.1) is 0 Å². The van der Waals surface area contributed by atoms with E-state index in [1.807, 2.05) is 18.2 Å². The Morgan fingerprint density at radius 2 is 2.44 bits per heavy atom. The second-order valence-corrected chi connectivity index (χ2v) is 5.02. The molecule has 88 valence electrons. The van der Waals surface area contributed by atoms with E-state index in [9.17, 15) is 0 Å². The van der Waals surface area contributed by atoms with Crippen LogP contribution in [0.5, 0.6) is 5.88 Å². The van der Waals surface area contributed by atoms with Gasteiger partial charge in [-0.3, -0.25) is 0 Å². The van der Waals surface area contributed by atoms with Gasteiger partial charge < -0.3 is 9.64 Å². The number of ether oxygens (including phenoxy) is 1. The Morgan fingerprint density at radius 1 is 1.56 bits per heavy atom. The summed E-state index contributed by atoms with van der Waals surface area (Å²) in [6, 6.07) is 6.42. The SMILES string of the molecule is CN1CCCC1CCOc1cccc(Br)n1. The van der Waals surface area contributed by atoms with E-state index in [0.29, 0.717) is 11.9 Å². The number of likely N-dealkylation sites (tertiary alicyclic amines) is 1. The number of pyridine rings is 1. The van der Waals surface area contributed by atoms with Crippen LogP contribution in [0, 0.1) is 0 Å². The molecule has 0 radical (unpaired) electrons. The van der Waals surface area contributed by atoms with Crippen LogP contribution in [0.2, 0.25) is 0 Å². The van der Waals surface area contributed by atoms with Crippen LogP contribution in [0.4, 0.5) is 0 Å². The number of hydrogen-bond donors (Lipinski definition) is 0. The molecule has 0 saturated carbocycles. The number of nitrogens with zero attached hydrogens (tertiary/aromatic N) is 2. The third kappa shape index (κ3) is 3.19. The normalized spacial score (nSPS) is 21.2. The van der Waals surface area contributed by atoms with Gasteiger partial charge in [-0.1, -0.05) is 6.07 Å². The molecule has 1 fully saturated rings. The van der Waals surface area contributed by atoms with Crippen molar-refractivity contribution < 1.29 is 4.74 Å². The maximum Gasteiger partial charge on any atom is 0.214 e. The van der Waals surface area contributed by atoms with E-state index in [-0.39, 0.29) is 0 Å². The van der Waals surface area contributed by atoms with Crippen molar-refractivity contribution >= 4 is 15.9 Å². The lowest BCUT2D eigenvalue weighted by Crippen LogP contribution is -2.26. The molecule has 0 aromatic carbocycles. The molecule has 4 heteroatoms. The molecular formula is C12H17BrN2O. The van der Waals surface area contributed by atoms with Crippen molar-refractivity contribution in [3.05, 3.63) is 22.8 Å². The summed E-state index contributed by atoms with van der Waals surface area (Å²) in [5, 5.41) is 0. The predicted molar refractivity (Wildman–Crippen MR) is 67.7 cm³/mol. The zero-order valence-corrected chi connectivity index (χ0v) is 11.1. The fraction of sp³-hybridized carbons (Fsp3) is 0.583. The zero-order valence-electron chi connectivity index (χ0n) is 9.53. The highest BCUT2D eigenvalue weighted by Gasteiger charge is 2.20. The first-order valence-corrected chi connectivity index (χ1v) is 6.50. The molecule has 16 heavy (non-hydrogen) atoms. The van der Waals surface area contributed by atoms with Crippen molar-refractivity contribution in [2.24, 2.45) is 0 Å². The van der Waals surface area contributed by atoms with Crippen molar-refractivity contribution in [1.82, 2.24) is 9.88 Å². The molecule has 1 aliphatic heterocycles. The van der Waals surface area contributed by atoms with E-state index < -0.39 is 0 Å². The lowest BCUT2D eigenvalue weighted by atomic mass is 10.1. The quantitative estimate of drug-likeness (QED) is 0.795. The summed E-state index contributed by atoms with van der Waals surface area (Å²) in [4.78, 5) is 6.65. The summed E-state index contributed by atoms with van der Waals surface area (Å²) in [7, 11) is 2.19. The molecule has 1 unspecified atom stereocenters. The molecule has 0 aliphatic carbocycles. The van der Waals surface area contributed by atoms with E-state index in [2.05, 4.69) is 32.9 Å². The lowest BCUT2D eigenvalue weighted by molar-refractivity contribution is 0.228. The molecule has 2 rings (SSSR count). The van der Waals surface area contributed by atoms with Crippen LogP contribution in [0.3, 0.4) is 0 Å². The largest absolute Gasteiger partial charge is 0.478 e. The Labute approximate surface area is 105 Å². The van der Waals surface area contributed by atoms with E-state index in [4.69, 9.17) is 4.74 Å². The van der Waals surface area contributed by atoms with Crippen molar-refractivity contribution in [2.75, 3.05) is 20.2 Å². The molecule has 0 spiro atoms. The van der Waals surface area contributed by atoms with Crippen molar-refractivity contribution in [1.29, 1.82) is 0 Å². The van der Waals surface area contributed by atoms with Gasteiger partial charge in [0.05, 0.1) is 6.61 Å². The van der Waals surface area contributed by atoms with Crippen molar-refractivity contribution in [3.63, 3.8) is 0 Å². The van der Waals surface area contributed by atoms with E-state index in [0.717, 1.165) is 17.6 Å². The average Bonchev–Trinajstić information content (AvgIpc) is 2.65. The zero-order chi connectivity index (χ0) is 11.4. The average molecular weight is 285 g/mol. The molecule has 1 aromatic rings. The molecule has 1 aliphatic rings. The lowest BCUT2D eigenvalue weighted by Gasteiger charge is -2.18. The van der Waals surface area contributed by atoms with E-state index in [1.54, 1.807) is 0 Å². The number of rotatable bonds is 4. The highest BCUT2D eigenvalue weighted by atomic mass is 79.9. The third-order valence-electron chi connectivity index (χ3n) is 3.06. The summed E-state index contributed by atoms with van der Waals surface area (Å²) in [6.45, 7) is 1.97. The molecule has 2 heterocycles. The Morgan fingerprint density at radius 3 is 3.12 bits per heavy atom. The number of hydrogen-bond acceptors (Lipinski definition) is 3. The van der Waals surface area contributed by atoms with Gasteiger partial charge in [0, 0.05) is 12.1 Å². The maximum absolute atomic E-state index is 5.63. The summed E-state index contributed by atoms with van der Waals surface area (Å²) in [5.41, 5.74) is 0. The monoisotopic (exact) mass is 284 g/mol. The van der Waals surface area contributed by atoms with Crippen LogP contribution in [-0.2, 0) is 0 Å². The van der Waals surface area contributed by atoms with Gasteiger partial charge >= 0.3 is 0 Å². The summed E-state index contributed by atoms with van der Waals surface area (Å²) in [6.07, 6.45) is 3.70. The summed E-state index contributed by atoms with van der Waals surface area (Å²) in [5.74, 6) is 0.704. The Balaban J connectivity index is 1.75. The van der Waals surface area contributed by atoms with Crippen LogP contribution in [-0.4, -0.2) is 36.1 Å². The predicted octanol–water partition coefficient (Wildman–Crippen LogP) is 2.71. The smallest absolute Gasteiger partial charge is 0.214 e. The van der Waals surface area contributed by atoms with Gasteiger partial charge in [-0.2, -0.15) is 0 Å². The van der Waals surface area contributed by atoms with Gasteiger partial charge in [-0.25, -0.2) is 4.98 Å². The van der Waals surface area contributed by atoms with Gasteiger partial charge in [0.1, 0.15) is 4.60 Å². The standard InChI is InChI=1S/C12H17BrN2O/c1-15-8-3-4-10(15)7-9-16-12-6-2-5-11(13)14-12/h2,5-6,10H,3-4,7-9H2,1H3. The molecule has 0 amide bonds. The van der Waals surface area contributed by atoms with E-state index in [1.165, 1.54) is 19.4 Å². The summed E-state index contributed by atoms with van der Waals surface area (Å²) < 4.78 is 6.45. The molecule has 1 atom stereocenters. The Hall–Kier alpha value is -0.610. The van der Waals surface area contributed by atoms with Gasteiger partial charge in [-0.05, 0) is 54.9 Å². The second kappa shape index (κ2) is 5.64. The molecule has 1 aromatic heterocycles. The topological polar surface area (TPSA) is 25.4 Å². The van der Waals surface area contributed by atoms with E-state index >= 15 is 0 Å². The Bertz CT molecular complexity index is 346. The summed E-state index contributed by atoms with van der Waals surface area (Å²) >= 11 is 3.33. The molecule has 3 nitrogen and oxygen atoms in total. The molecule has 0 bridgehead atoms. The van der Waals surface area contributed by atoms with Crippen LogP contribution in [0.1, 0.15) is 19.3 Å². The third-order valence-corrected chi connectivity index (χ3v) is 3.50. The maximum atomic E-state index is 5.63. The van der Waals surface area contributed by atoms with Crippen LogP contribution in [0.25, 0.3) is 0 Å². The van der Waals surface area contributed by atoms with Gasteiger partial charge in [0.15, 0.2) is 0 Å². The van der Waals surface area contributed by atoms with Gasteiger partial charge in [0.25, 0.3) is 0 Å². The van der Waals surface area contributed by atoms with Gasteiger partial charge in [0.2, 0.25) is 5.88 Å². The van der Waals surface area contributed by atoms with Crippen LogP contribution >= 0.6 is 15.9 Å². The molecular weight excluding hydrogens is 268 g/mol.